The molecule has 1 saturated carbocycles. The van der Waals surface area contributed by atoms with Crippen molar-refractivity contribution in [2.75, 3.05) is 7.11 Å². The minimum absolute atomic E-state index is 0.0372. The van der Waals surface area contributed by atoms with E-state index in [1.165, 1.54) is 0 Å². The SMILES string of the molecule is COc1cccc(C(N)C2CCC(C(=O)O)CC2)c1. The summed E-state index contributed by atoms with van der Waals surface area (Å²) in [5.41, 5.74) is 7.38. The third-order valence-corrected chi connectivity index (χ3v) is 4.11. The second kappa shape index (κ2) is 6.06. The summed E-state index contributed by atoms with van der Waals surface area (Å²) < 4.78 is 5.21. The maximum atomic E-state index is 10.9. The summed E-state index contributed by atoms with van der Waals surface area (Å²) >= 11 is 0. The van der Waals surface area contributed by atoms with E-state index in [-0.39, 0.29) is 12.0 Å². The van der Waals surface area contributed by atoms with Crippen molar-refractivity contribution in [1.82, 2.24) is 0 Å². The smallest absolute Gasteiger partial charge is 0.306 e. The molecule has 0 spiro atoms. The molecule has 3 N–H and O–H groups in total. The van der Waals surface area contributed by atoms with Gasteiger partial charge in [0.25, 0.3) is 0 Å². The number of carbonyl (C=O) groups is 1. The Hall–Kier alpha value is -1.55. The summed E-state index contributed by atoms with van der Waals surface area (Å²) in [6, 6.07) is 7.78. The van der Waals surface area contributed by atoms with Crippen molar-refractivity contribution < 1.29 is 14.6 Å². The van der Waals surface area contributed by atoms with Crippen molar-refractivity contribution in [1.29, 1.82) is 0 Å². The van der Waals surface area contributed by atoms with E-state index in [2.05, 4.69) is 0 Å². The van der Waals surface area contributed by atoms with Crippen LogP contribution in [0.15, 0.2) is 24.3 Å². The second-order valence-corrected chi connectivity index (χ2v) is 5.25. The topological polar surface area (TPSA) is 72.5 Å². The van der Waals surface area contributed by atoms with Crippen LogP contribution in [0.3, 0.4) is 0 Å². The molecule has 4 nitrogen and oxygen atoms in total. The van der Waals surface area contributed by atoms with Crippen LogP contribution < -0.4 is 10.5 Å². The quantitative estimate of drug-likeness (QED) is 0.875. The lowest BCUT2D eigenvalue weighted by Crippen LogP contribution is -2.28. The number of hydrogen-bond acceptors (Lipinski definition) is 3. The van der Waals surface area contributed by atoms with Crippen LogP contribution in [0.5, 0.6) is 5.75 Å². The molecule has 0 amide bonds. The van der Waals surface area contributed by atoms with Gasteiger partial charge in [-0.05, 0) is 49.3 Å². The summed E-state index contributed by atoms with van der Waals surface area (Å²) in [4.78, 5) is 10.9. The van der Waals surface area contributed by atoms with Crippen LogP contribution in [0.4, 0.5) is 0 Å². The number of methoxy groups -OCH3 is 1. The lowest BCUT2D eigenvalue weighted by Gasteiger charge is -2.30. The number of carboxylic acid groups (broad SMARTS) is 1. The third kappa shape index (κ3) is 3.26. The van der Waals surface area contributed by atoms with E-state index in [4.69, 9.17) is 15.6 Å². The number of benzene rings is 1. The van der Waals surface area contributed by atoms with Gasteiger partial charge in [-0.15, -0.1) is 0 Å². The van der Waals surface area contributed by atoms with E-state index >= 15 is 0 Å². The minimum Gasteiger partial charge on any atom is -0.497 e. The molecule has 1 fully saturated rings. The van der Waals surface area contributed by atoms with Crippen molar-refractivity contribution in [3.05, 3.63) is 29.8 Å². The number of nitrogens with two attached hydrogens (primary N) is 1. The fraction of sp³-hybridized carbons (Fsp3) is 0.533. The Morgan fingerprint density at radius 2 is 2.05 bits per heavy atom. The van der Waals surface area contributed by atoms with Crippen LogP contribution in [-0.2, 0) is 4.79 Å². The van der Waals surface area contributed by atoms with Crippen LogP contribution in [-0.4, -0.2) is 18.2 Å². The molecule has 0 bridgehead atoms. The molecule has 19 heavy (non-hydrogen) atoms. The van der Waals surface area contributed by atoms with Gasteiger partial charge in [0.05, 0.1) is 13.0 Å². The normalized spacial score (nSPS) is 24.7. The molecular weight excluding hydrogens is 242 g/mol. The molecule has 1 atom stereocenters. The molecule has 0 aliphatic heterocycles. The molecule has 1 aromatic carbocycles. The first-order valence-electron chi connectivity index (χ1n) is 6.74. The summed E-state index contributed by atoms with van der Waals surface area (Å²) in [7, 11) is 1.64. The monoisotopic (exact) mass is 263 g/mol. The van der Waals surface area contributed by atoms with Gasteiger partial charge in [-0.3, -0.25) is 4.79 Å². The number of rotatable bonds is 4. The third-order valence-electron chi connectivity index (χ3n) is 4.11. The van der Waals surface area contributed by atoms with Crippen LogP contribution >= 0.6 is 0 Å². The van der Waals surface area contributed by atoms with Gasteiger partial charge in [0.1, 0.15) is 5.75 Å². The van der Waals surface area contributed by atoms with Gasteiger partial charge in [-0.25, -0.2) is 0 Å². The molecule has 0 radical (unpaired) electrons. The zero-order chi connectivity index (χ0) is 13.8. The van der Waals surface area contributed by atoms with Crippen molar-refractivity contribution >= 4 is 5.97 Å². The highest BCUT2D eigenvalue weighted by molar-refractivity contribution is 5.70. The Morgan fingerprint density at radius 3 is 2.63 bits per heavy atom. The number of ether oxygens (including phenoxy) is 1. The summed E-state index contributed by atoms with van der Waals surface area (Å²) in [6.45, 7) is 0. The highest BCUT2D eigenvalue weighted by Crippen LogP contribution is 2.36. The van der Waals surface area contributed by atoms with E-state index < -0.39 is 5.97 Å². The molecule has 0 aromatic heterocycles. The van der Waals surface area contributed by atoms with E-state index in [1.807, 2.05) is 24.3 Å². The van der Waals surface area contributed by atoms with Gasteiger partial charge in [0.2, 0.25) is 0 Å². The lowest BCUT2D eigenvalue weighted by atomic mass is 9.77. The standard InChI is InChI=1S/C15H21NO3/c1-19-13-4-2-3-12(9-13)14(16)10-5-7-11(8-6-10)15(17)18/h2-4,9-11,14H,5-8,16H2,1H3,(H,17,18). The summed E-state index contributed by atoms with van der Waals surface area (Å²) in [5.74, 6) is 0.317. The molecule has 0 heterocycles. The Balaban J connectivity index is 2.00. The Morgan fingerprint density at radius 1 is 1.37 bits per heavy atom. The molecule has 1 aliphatic carbocycles. The van der Waals surface area contributed by atoms with Crippen molar-refractivity contribution in [2.45, 2.75) is 31.7 Å². The van der Waals surface area contributed by atoms with Gasteiger partial charge in [-0.2, -0.15) is 0 Å². The fourth-order valence-electron chi connectivity index (χ4n) is 2.85. The first-order chi connectivity index (χ1) is 9.11. The van der Waals surface area contributed by atoms with Crippen molar-refractivity contribution in [3.63, 3.8) is 0 Å². The second-order valence-electron chi connectivity index (χ2n) is 5.25. The predicted octanol–water partition coefficient (Wildman–Crippen LogP) is 2.59. The highest BCUT2D eigenvalue weighted by atomic mass is 16.5. The molecule has 104 valence electrons. The first kappa shape index (κ1) is 13.9. The Labute approximate surface area is 113 Å². The number of carboxylic acids is 1. The lowest BCUT2D eigenvalue weighted by molar-refractivity contribution is -0.143. The van der Waals surface area contributed by atoms with Gasteiger partial charge < -0.3 is 15.6 Å². The summed E-state index contributed by atoms with van der Waals surface area (Å²) in [5, 5.41) is 9.00. The van der Waals surface area contributed by atoms with Crippen LogP contribution in [0.25, 0.3) is 0 Å². The van der Waals surface area contributed by atoms with E-state index in [0.717, 1.165) is 37.0 Å². The van der Waals surface area contributed by atoms with E-state index in [0.29, 0.717) is 5.92 Å². The zero-order valence-electron chi connectivity index (χ0n) is 11.2. The molecule has 0 saturated heterocycles. The van der Waals surface area contributed by atoms with E-state index in [1.54, 1.807) is 7.11 Å². The number of aliphatic carboxylic acids is 1. The largest absolute Gasteiger partial charge is 0.497 e. The average molecular weight is 263 g/mol. The van der Waals surface area contributed by atoms with Crippen LogP contribution in [0.1, 0.15) is 37.3 Å². The van der Waals surface area contributed by atoms with Crippen LogP contribution in [0, 0.1) is 11.8 Å². The van der Waals surface area contributed by atoms with Crippen molar-refractivity contribution in [3.8, 4) is 5.75 Å². The molecule has 1 aliphatic rings. The van der Waals surface area contributed by atoms with Gasteiger partial charge in [-0.1, -0.05) is 12.1 Å². The van der Waals surface area contributed by atoms with E-state index in [9.17, 15) is 4.79 Å². The first-order valence-corrected chi connectivity index (χ1v) is 6.74. The maximum absolute atomic E-state index is 10.9. The Bertz CT molecular complexity index is 439. The van der Waals surface area contributed by atoms with Gasteiger partial charge >= 0.3 is 5.97 Å². The zero-order valence-corrected chi connectivity index (χ0v) is 11.2. The van der Waals surface area contributed by atoms with Gasteiger partial charge in [0, 0.05) is 6.04 Å². The Kier molecular flexibility index (Phi) is 4.43. The molecule has 1 unspecified atom stereocenters. The molecular formula is C15H21NO3. The molecule has 2 rings (SSSR count). The predicted molar refractivity (Wildman–Crippen MR) is 73.0 cm³/mol. The molecule has 1 aromatic rings. The fourth-order valence-corrected chi connectivity index (χ4v) is 2.85. The average Bonchev–Trinajstić information content (AvgIpc) is 2.46. The van der Waals surface area contributed by atoms with Gasteiger partial charge in [0.15, 0.2) is 0 Å². The summed E-state index contributed by atoms with van der Waals surface area (Å²) in [6.07, 6.45) is 3.24. The van der Waals surface area contributed by atoms with Crippen LogP contribution in [0.2, 0.25) is 0 Å². The number of hydrogen-bond donors (Lipinski definition) is 2. The molecule has 4 heteroatoms. The minimum atomic E-state index is -0.673. The maximum Gasteiger partial charge on any atom is 0.306 e. The highest BCUT2D eigenvalue weighted by Gasteiger charge is 2.29. The van der Waals surface area contributed by atoms with Crippen molar-refractivity contribution in [2.24, 2.45) is 17.6 Å².